The summed E-state index contributed by atoms with van der Waals surface area (Å²) in [6.45, 7) is 7.95. The van der Waals surface area contributed by atoms with Gasteiger partial charge in [-0.15, -0.1) is 0 Å². The molecule has 128 valence electrons. The predicted octanol–water partition coefficient (Wildman–Crippen LogP) is 4.48. The molecule has 1 N–H and O–H groups in total. The van der Waals surface area contributed by atoms with E-state index in [1.807, 2.05) is 19.9 Å². The topological polar surface area (TPSA) is 38.3 Å². The summed E-state index contributed by atoms with van der Waals surface area (Å²) in [6, 6.07) is 11.7. The van der Waals surface area contributed by atoms with E-state index in [1.54, 1.807) is 0 Å². The van der Waals surface area contributed by atoms with Gasteiger partial charge in [-0.2, -0.15) is 0 Å². The van der Waals surface area contributed by atoms with E-state index in [4.69, 9.17) is 4.74 Å². The lowest BCUT2D eigenvalue weighted by atomic mass is 10.0. The Morgan fingerprint density at radius 3 is 2.38 bits per heavy atom. The maximum Gasteiger partial charge on any atom is 0.261 e. The third-order valence-electron chi connectivity index (χ3n) is 4.14. The molecule has 4 heteroatoms. The van der Waals surface area contributed by atoms with E-state index in [1.165, 1.54) is 35.4 Å². The van der Waals surface area contributed by atoms with Crippen LogP contribution in [0.15, 0.2) is 42.5 Å². The molecule has 0 aliphatic carbocycles. The minimum atomic E-state index is -0.607. The van der Waals surface area contributed by atoms with Crippen LogP contribution in [0, 0.1) is 19.7 Å². The van der Waals surface area contributed by atoms with Crippen LogP contribution in [0.1, 0.15) is 43.0 Å². The van der Waals surface area contributed by atoms with Crippen molar-refractivity contribution in [3.63, 3.8) is 0 Å². The molecule has 1 amide bonds. The fourth-order valence-corrected chi connectivity index (χ4v) is 2.42. The highest BCUT2D eigenvalue weighted by Crippen LogP contribution is 2.18. The van der Waals surface area contributed by atoms with Crippen molar-refractivity contribution in [2.45, 2.75) is 46.3 Å². The molecule has 0 unspecified atom stereocenters. The Balaban J connectivity index is 2.02. The molecule has 2 aromatic carbocycles. The van der Waals surface area contributed by atoms with Crippen molar-refractivity contribution in [1.29, 1.82) is 0 Å². The van der Waals surface area contributed by atoms with Gasteiger partial charge in [-0.1, -0.05) is 25.1 Å². The van der Waals surface area contributed by atoms with Gasteiger partial charge in [-0.3, -0.25) is 4.79 Å². The Bertz CT molecular complexity index is 697. The maximum absolute atomic E-state index is 13.0. The second-order valence-corrected chi connectivity index (χ2v) is 6.04. The summed E-state index contributed by atoms with van der Waals surface area (Å²) in [5, 5.41) is 2.99. The summed E-state index contributed by atoms with van der Waals surface area (Å²) in [6.07, 6.45) is -0.0764. The lowest BCUT2D eigenvalue weighted by molar-refractivity contribution is -0.128. The lowest BCUT2D eigenvalue weighted by Gasteiger charge is -2.21. The average molecular weight is 329 g/mol. The number of amides is 1. The molecule has 0 saturated carbocycles. The minimum absolute atomic E-state index is 0.109. The zero-order valence-corrected chi connectivity index (χ0v) is 14.6. The molecule has 0 spiro atoms. The Labute approximate surface area is 142 Å². The van der Waals surface area contributed by atoms with Crippen molar-refractivity contribution in [3.05, 3.63) is 65.0 Å². The van der Waals surface area contributed by atoms with Gasteiger partial charge in [-0.25, -0.2) is 4.39 Å². The van der Waals surface area contributed by atoms with Crippen molar-refractivity contribution in [1.82, 2.24) is 5.32 Å². The van der Waals surface area contributed by atoms with Crippen LogP contribution < -0.4 is 10.1 Å². The van der Waals surface area contributed by atoms with Crippen LogP contribution in [0.3, 0.4) is 0 Å². The quantitative estimate of drug-likeness (QED) is 0.849. The van der Waals surface area contributed by atoms with Crippen LogP contribution in [0.4, 0.5) is 4.39 Å². The molecule has 0 aromatic heterocycles. The second kappa shape index (κ2) is 7.95. The van der Waals surface area contributed by atoms with E-state index in [2.05, 4.69) is 31.3 Å². The molecule has 24 heavy (non-hydrogen) atoms. The Hall–Kier alpha value is -2.36. The summed E-state index contributed by atoms with van der Waals surface area (Å²) in [4.78, 5) is 12.5. The van der Waals surface area contributed by atoms with Crippen molar-refractivity contribution in [2.75, 3.05) is 0 Å². The zero-order valence-electron chi connectivity index (χ0n) is 14.6. The first-order valence-electron chi connectivity index (χ1n) is 8.20. The van der Waals surface area contributed by atoms with Crippen LogP contribution in [-0.2, 0) is 4.79 Å². The van der Waals surface area contributed by atoms with Gasteiger partial charge in [0.15, 0.2) is 6.10 Å². The number of nitrogens with one attached hydrogen (secondary N) is 1. The molecule has 2 rings (SSSR count). The molecule has 2 aromatic rings. The van der Waals surface area contributed by atoms with Crippen LogP contribution in [0.25, 0.3) is 0 Å². The van der Waals surface area contributed by atoms with Crippen LogP contribution in [-0.4, -0.2) is 12.0 Å². The second-order valence-electron chi connectivity index (χ2n) is 6.04. The molecule has 3 nitrogen and oxygen atoms in total. The summed E-state index contributed by atoms with van der Waals surface area (Å²) in [5.74, 6) is -0.0204. The molecule has 0 fully saturated rings. The number of ether oxygens (including phenoxy) is 1. The molecule has 0 bridgehead atoms. The molecular weight excluding hydrogens is 305 g/mol. The number of rotatable bonds is 6. The van der Waals surface area contributed by atoms with Gasteiger partial charge in [0.1, 0.15) is 11.6 Å². The first-order valence-corrected chi connectivity index (χ1v) is 8.20. The Kier molecular flexibility index (Phi) is 5.96. The minimum Gasteiger partial charge on any atom is -0.481 e. The van der Waals surface area contributed by atoms with Crippen LogP contribution in [0.5, 0.6) is 5.75 Å². The van der Waals surface area contributed by atoms with E-state index in [-0.39, 0.29) is 17.8 Å². The van der Waals surface area contributed by atoms with E-state index < -0.39 is 6.10 Å². The molecule has 0 heterocycles. The third-order valence-corrected chi connectivity index (χ3v) is 4.14. The number of carbonyl (C=O) groups is 1. The van der Waals surface area contributed by atoms with E-state index >= 15 is 0 Å². The monoisotopic (exact) mass is 329 g/mol. The van der Waals surface area contributed by atoms with E-state index in [9.17, 15) is 9.18 Å². The number of hydrogen-bond acceptors (Lipinski definition) is 2. The number of aryl methyl sites for hydroxylation is 2. The van der Waals surface area contributed by atoms with Gasteiger partial charge >= 0.3 is 0 Å². The number of halogens is 1. The smallest absolute Gasteiger partial charge is 0.261 e. The number of benzene rings is 2. The van der Waals surface area contributed by atoms with Gasteiger partial charge in [0.05, 0.1) is 6.04 Å². The molecule has 0 aliphatic rings. The largest absolute Gasteiger partial charge is 0.481 e. The summed E-state index contributed by atoms with van der Waals surface area (Å²) >= 11 is 0. The van der Waals surface area contributed by atoms with Gasteiger partial charge in [-0.05, 0) is 68.1 Å². The fraction of sp³-hybridized carbons (Fsp3) is 0.350. The molecule has 0 saturated heterocycles. The number of carbonyl (C=O) groups excluding carboxylic acids is 1. The van der Waals surface area contributed by atoms with Crippen molar-refractivity contribution >= 4 is 5.91 Å². The van der Waals surface area contributed by atoms with E-state index in [0.29, 0.717) is 12.2 Å². The molecular formula is C20H24FNO2. The van der Waals surface area contributed by atoms with Gasteiger partial charge in [0, 0.05) is 0 Å². The standard InChI is InChI=1S/C20H24FNO2/c1-5-19(24-18-10-8-17(21)9-11-18)20(23)22-15(4)16-7-6-13(2)14(3)12-16/h6-12,15,19H,5H2,1-4H3,(H,22,23)/t15-,19-/m0/s1. The average Bonchev–Trinajstić information content (AvgIpc) is 2.56. The summed E-state index contributed by atoms with van der Waals surface area (Å²) < 4.78 is 18.6. The van der Waals surface area contributed by atoms with Crippen LogP contribution >= 0.6 is 0 Å². The van der Waals surface area contributed by atoms with Crippen molar-refractivity contribution in [2.24, 2.45) is 0 Å². The SMILES string of the molecule is CC[C@H](Oc1ccc(F)cc1)C(=O)N[C@@H](C)c1ccc(C)c(C)c1. The highest BCUT2D eigenvalue weighted by atomic mass is 19.1. The van der Waals surface area contributed by atoms with Crippen molar-refractivity contribution < 1.29 is 13.9 Å². The first kappa shape index (κ1) is 18.0. The van der Waals surface area contributed by atoms with Crippen molar-refractivity contribution in [3.8, 4) is 5.75 Å². The summed E-state index contributed by atoms with van der Waals surface area (Å²) in [7, 11) is 0. The normalized spacial score (nSPS) is 13.2. The maximum atomic E-state index is 13.0. The highest BCUT2D eigenvalue weighted by Gasteiger charge is 2.20. The van der Waals surface area contributed by atoms with Gasteiger partial charge in [0.25, 0.3) is 5.91 Å². The highest BCUT2D eigenvalue weighted by molar-refractivity contribution is 5.81. The van der Waals surface area contributed by atoms with Crippen LogP contribution in [0.2, 0.25) is 0 Å². The Morgan fingerprint density at radius 2 is 1.79 bits per heavy atom. The molecule has 0 aliphatic heterocycles. The van der Waals surface area contributed by atoms with Gasteiger partial charge < -0.3 is 10.1 Å². The third kappa shape index (κ3) is 4.57. The molecule has 2 atom stereocenters. The van der Waals surface area contributed by atoms with E-state index in [0.717, 1.165) is 5.56 Å². The lowest BCUT2D eigenvalue weighted by Crippen LogP contribution is -2.39. The summed E-state index contributed by atoms with van der Waals surface area (Å²) in [5.41, 5.74) is 3.48. The predicted molar refractivity (Wildman–Crippen MR) is 93.6 cm³/mol. The first-order chi connectivity index (χ1) is 11.4. The zero-order chi connectivity index (χ0) is 17.7. The Morgan fingerprint density at radius 1 is 1.12 bits per heavy atom. The number of hydrogen-bond donors (Lipinski definition) is 1. The molecule has 0 radical (unpaired) electrons. The van der Waals surface area contributed by atoms with Gasteiger partial charge in [0.2, 0.25) is 0 Å². The fourth-order valence-electron chi connectivity index (χ4n) is 2.42.